The Morgan fingerprint density at radius 2 is 2.30 bits per heavy atom. The second-order valence-electron chi connectivity index (χ2n) is 6.30. The first-order chi connectivity index (χ1) is 11.2. The second kappa shape index (κ2) is 8.24. The van der Waals surface area contributed by atoms with Gasteiger partial charge in [0.25, 0.3) is 0 Å². The summed E-state index contributed by atoms with van der Waals surface area (Å²) in [6.45, 7) is 5.95. The maximum atomic E-state index is 12.4. The van der Waals surface area contributed by atoms with Crippen molar-refractivity contribution < 1.29 is 14.3 Å². The summed E-state index contributed by atoms with van der Waals surface area (Å²) in [5.41, 5.74) is 0. The Morgan fingerprint density at radius 1 is 1.48 bits per heavy atom. The first kappa shape index (κ1) is 16.9. The number of carbonyl (C=O) groups excluding carboxylic acids is 1. The molecule has 1 aromatic heterocycles. The van der Waals surface area contributed by atoms with Gasteiger partial charge in [0.2, 0.25) is 5.91 Å². The summed E-state index contributed by atoms with van der Waals surface area (Å²) in [5.74, 6) is 0.503. The molecule has 6 heteroatoms. The van der Waals surface area contributed by atoms with Gasteiger partial charge in [-0.25, -0.2) is 0 Å². The van der Waals surface area contributed by atoms with Gasteiger partial charge in [0.05, 0.1) is 19.3 Å². The first-order valence-corrected chi connectivity index (χ1v) is 9.39. The molecular formula is C17H26N2O3S. The molecule has 2 fully saturated rings. The Bertz CT molecular complexity index is 488. The highest BCUT2D eigenvalue weighted by molar-refractivity contribution is 7.09. The van der Waals surface area contributed by atoms with Crippen molar-refractivity contribution in [2.24, 2.45) is 5.92 Å². The van der Waals surface area contributed by atoms with Crippen LogP contribution >= 0.6 is 11.3 Å². The maximum Gasteiger partial charge on any atom is 0.237 e. The zero-order valence-electron chi connectivity index (χ0n) is 13.7. The molecule has 2 unspecified atom stereocenters. The van der Waals surface area contributed by atoms with E-state index >= 15 is 0 Å². The van der Waals surface area contributed by atoms with Crippen molar-refractivity contribution in [2.45, 2.75) is 38.5 Å². The number of thiophene rings is 1. The predicted octanol–water partition coefficient (Wildman–Crippen LogP) is 1.88. The number of likely N-dealkylation sites (tertiary alicyclic amines) is 1. The van der Waals surface area contributed by atoms with Crippen molar-refractivity contribution in [1.29, 1.82) is 0 Å². The highest BCUT2D eigenvalue weighted by Crippen LogP contribution is 2.26. The van der Waals surface area contributed by atoms with Crippen LogP contribution in [0.3, 0.4) is 0 Å². The van der Waals surface area contributed by atoms with E-state index in [0.717, 1.165) is 32.4 Å². The molecule has 23 heavy (non-hydrogen) atoms. The molecular weight excluding hydrogens is 312 g/mol. The largest absolute Gasteiger partial charge is 0.354 e. The van der Waals surface area contributed by atoms with E-state index in [1.165, 1.54) is 4.88 Å². The summed E-state index contributed by atoms with van der Waals surface area (Å²) in [5, 5.41) is 5.14. The summed E-state index contributed by atoms with van der Waals surface area (Å²) < 4.78 is 11.3. The molecule has 0 radical (unpaired) electrons. The summed E-state index contributed by atoms with van der Waals surface area (Å²) >= 11 is 1.74. The molecule has 2 aliphatic rings. The number of hydrogen-bond acceptors (Lipinski definition) is 5. The molecule has 1 N–H and O–H groups in total. The number of nitrogens with zero attached hydrogens (tertiary/aromatic N) is 1. The summed E-state index contributed by atoms with van der Waals surface area (Å²) in [6.07, 6.45) is 3.05. The van der Waals surface area contributed by atoms with Crippen LogP contribution in [0, 0.1) is 5.92 Å². The van der Waals surface area contributed by atoms with E-state index in [-0.39, 0.29) is 18.2 Å². The molecule has 0 aromatic carbocycles. The van der Waals surface area contributed by atoms with Crippen molar-refractivity contribution in [3.63, 3.8) is 0 Å². The Balaban J connectivity index is 1.44. The Morgan fingerprint density at radius 3 is 3.04 bits per heavy atom. The molecule has 2 atom stereocenters. The quantitative estimate of drug-likeness (QED) is 0.860. The van der Waals surface area contributed by atoms with E-state index in [0.29, 0.717) is 25.7 Å². The van der Waals surface area contributed by atoms with Gasteiger partial charge >= 0.3 is 0 Å². The van der Waals surface area contributed by atoms with Crippen LogP contribution < -0.4 is 5.32 Å². The lowest BCUT2D eigenvalue weighted by molar-refractivity contribution is -0.130. The fraction of sp³-hybridized carbons (Fsp3) is 0.706. The van der Waals surface area contributed by atoms with Crippen LogP contribution in [0.5, 0.6) is 0 Å². The van der Waals surface area contributed by atoms with Crippen LogP contribution in [0.1, 0.15) is 24.6 Å². The Labute approximate surface area is 142 Å². The standard InChI is InChI=1S/C17H26N2O3S/c1-13(16(20)18-7-6-15-5-3-11-23-15)19-8-2-4-14(12-19)17-21-9-10-22-17/h3,5,11,13-14,17H,2,4,6-10,12H2,1H3,(H,18,20). The Kier molecular flexibility index (Phi) is 6.05. The minimum atomic E-state index is -0.0949. The Hall–Kier alpha value is -0.950. The third kappa shape index (κ3) is 4.53. The number of carbonyl (C=O) groups is 1. The van der Waals surface area contributed by atoms with Gasteiger partial charge in [0.15, 0.2) is 6.29 Å². The number of rotatable bonds is 6. The van der Waals surface area contributed by atoms with E-state index in [1.54, 1.807) is 11.3 Å². The molecule has 2 saturated heterocycles. The topological polar surface area (TPSA) is 50.8 Å². The van der Waals surface area contributed by atoms with E-state index < -0.39 is 0 Å². The van der Waals surface area contributed by atoms with E-state index in [1.807, 2.05) is 13.0 Å². The highest BCUT2D eigenvalue weighted by Gasteiger charge is 2.34. The maximum absolute atomic E-state index is 12.4. The molecule has 1 amide bonds. The predicted molar refractivity (Wildman–Crippen MR) is 90.5 cm³/mol. The van der Waals surface area contributed by atoms with Crippen LogP contribution in [0.2, 0.25) is 0 Å². The van der Waals surface area contributed by atoms with Crippen LogP contribution in [0.4, 0.5) is 0 Å². The van der Waals surface area contributed by atoms with Gasteiger partial charge in [0.1, 0.15) is 0 Å². The minimum absolute atomic E-state index is 0.0770. The smallest absolute Gasteiger partial charge is 0.237 e. The number of amides is 1. The van der Waals surface area contributed by atoms with Gasteiger partial charge in [0, 0.05) is 23.9 Å². The molecule has 2 aliphatic heterocycles. The van der Waals surface area contributed by atoms with E-state index in [4.69, 9.17) is 9.47 Å². The highest BCUT2D eigenvalue weighted by atomic mass is 32.1. The molecule has 3 rings (SSSR count). The molecule has 0 spiro atoms. The molecule has 0 saturated carbocycles. The van der Waals surface area contributed by atoms with Crippen molar-refractivity contribution >= 4 is 17.2 Å². The summed E-state index contributed by atoms with van der Waals surface area (Å²) in [4.78, 5) is 16.0. The van der Waals surface area contributed by atoms with Crippen LogP contribution in [0.15, 0.2) is 17.5 Å². The van der Waals surface area contributed by atoms with Crippen LogP contribution in [-0.2, 0) is 20.7 Å². The van der Waals surface area contributed by atoms with Gasteiger partial charge < -0.3 is 14.8 Å². The number of hydrogen-bond donors (Lipinski definition) is 1. The second-order valence-corrected chi connectivity index (χ2v) is 7.34. The van der Waals surface area contributed by atoms with Crippen molar-refractivity contribution in [3.05, 3.63) is 22.4 Å². The van der Waals surface area contributed by atoms with Gasteiger partial charge in [-0.05, 0) is 44.2 Å². The molecule has 0 aliphatic carbocycles. The van der Waals surface area contributed by atoms with Gasteiger partial charge in [-0.2, -0.15) is 0 Å². The molecule has 5 nitrogen and oxygen atoms in total. The average Bonchev–Trinajstić information content (AvgIpc) is 3.28. The number of ether oxygens (including phenoxy) is 2. The third-order valence-corrected chi connectivity index (χ3v) is 5.64. The van der Waals surface area contributed by atoms with Crippen LogP contribution in [0.25, 0.3) is 0 Å². The van der Waals surface area contributed by atoms with Crippen molar-refractivity contribution in [2.75, 3.05) is 32.8 Å². The van der Waals surface area contributed by atoms with E-state index in [2.05, 4.69) is 21.7 Å². The monoisotopic (exact) mass is 338 g/mol. The average molecular weight is 338 g/mol. The molecule has 1 aromatic rings. The number of nitrogens with one attached hydrogen (secondary N) is 1. The zero-order valence-corrected chi connectivity index (χ0v) is 14.5. The fourth-order valence-corrected chi connectivity index (χ4v) is 4.05. The van der Waals surface area contributed by atoms with Gasteiger partial charge in [-0.1, -0.05) is 6.07 Å². The lowest BCUT2D eigenvalue weighted by Crippen LogP contribution is -2.51. The van der Waals surface area contributed by atoms with E-state index in [9.17, 15) is 4.79 Å². The lowest BCUT2D eigenvalue weighted by Gasteiger charge is -2.37. The van der Waals surface area contributed by atoms with Gasteiger partial charge in [-0.3, -0.25) is 9.69 Å². The zero-order chi connectivity index (χ0) is 16.1. The molecule has 3 heterocycles. The number of piperidine rings is 1. The van der Waals surface area contributed by atoms with Crippen molar-refractivity contribution in [1.82, 2.24) is 10.2 Å². The molecule has 128 valence electrons. The lowest BCUT2D eigenvalue weighted by atomic mass is 9.96. The minimum Gasteiger partial charge on any atom is -0.354 e. The van der Waals surface area contributed by atoms with Crippen LogP contribution in [-0.4, -0.2) is 56.0 Å². The normalized spacial score (nSPS) is 24.7. The summed E-state index contributed by atoms with van der Waals surface area (Å²) in [7, 11) is 0. The SMILES string of the molecule is CC(C(=O)NCCc1cccs1)N1CCCC(C2OCCO2)C1. The summed E-state index contributed by atoms with van der Waals surface area (Å²) in [6, 6.07) is 4.06. The van der Waals surface area contributed by atoms with Crippen molar-refractivity contribution in [3.8, 4) is 0 Å². The molecule has 0 bridgehead atoms. The third-order valence-electron chi connectivity index (χ3n) is 4.70. The first-order valence-electron chi connectivity index (χ1n) is 8.51. The van der Waals surface area contributed by atoms with Gasteiger partial charge in [-0.15, -0.1) is 11.3 Å². The fourth-order valence-electron chi connectivity index (χ4n) is 3.34.